The van der Waals surface area contributed by atoms with E-state index >= 15 is 0 Å². The van der Waals surface area contributed by atoms with Crippen molar-refractivity contribution in [1.82, 2.24) is 14.8 Å². The normalized spacial score (nSPS) is 11.9. The lowest BCUT2D eigenvalue weighted by Gasteiger charge is -2.17. The zero-order valence-corrected chi connectivity index (χ0v) is 21.8. The molecule has 0 aliphatic heterocycles. The van der Waals surface area contributed by atoms with Gasteiger partial charge < -0.3 is 4.74 Å². The third-order valence-electron chi connectivity index (χ3n) is 5.11. The van der Waals surface area contributed by atoms with Crippen molar-refractivity contribution in [3.63, 3.8) is 0 Å². The molecule has 4 aromatic rings. The van der Waals surface area contributed by atoms with Gasteiger partial charge in [-0.1, -0.05) is 58.7 Å². The first kappa shape index (κ1) is 26.2. The van der Waals surface area contributed by atoms with Gasteiger partial charge in [0, 0.05) is 15.6 Å². The van der Waals surface area contributed by atoms with Crippen LogP contribution >= 0.6 is 46.6 Å². The number of ether oxygens (including phenoxy) is 1. The Kier molecular flexibility index (Phi) is 8.35. The third kappa shape index (κ3) is 6.28. The van der Waals surface area contributed by atoms with E-state index in [4.69, 9.17) is 39.5 Å². The smallest absolute Gasteiger partial charge is 0.220 e. The Morgan fingerprint density at radius 3 is 2.42 bits per heavy atom. The van der Waals surface area contributed by atoms with Gasteiger partial charge in [0.1, 0.15) is 23.5 Å². The monoisotopic (exact) mass is 566 g/mol. The number of halogens is 4. The molecule has 0 saturated heterocycles. The Balaban J connectivity index is 1.62. The van der Waals surface area contributed by atoms with Crippen molar-refractivity contribution in [1.29, 1.82) is 0 Å². The van der Waals surface area contributed by atoms with Crippen LogP contribution in [0.1, 0.15) is 22.2 Å². The molecule has 186 valence electrons. The number of nitro groups is 1. The van der Waals surface area contributed by atoms with Gasteiger partial charge in [-0.05, 0) is 66.6 Å². The first-order valence-corrected chi connectivity index (χ1v) is 12.5. The molecule has 0 aliphatic rings. The summed E-state index contributed by atoms with van der Waals surface area (Å²) in [7, 11) is 0. The van der Waals surface area contributed by atoms with E-state index in [0.29, 0.717) is 27.1 Å². The molecule has 3 aromatic carbocycles. The van der Waals surface area contributed by atoms with Gasteiger partial charge >= 0.3 is 0 Å². The maximum atomic E-state index is 13.5. The van der Waals surface area contributed by atoms with Crippen molar-refractivity contribution >= 4 is 46.6 Å². The number of hydrogen-bond donors (Lipinski definition) is 0. The lowest BCUT2D eigenvalue weighted by atomic mass is 10.1. The highest BCUT2D eigenvalue weighted by atomic mass is 35.5. The highest BCUT2D eigenvalue weighted by Gasteiger charge is 2.26. The maximum absolute atomic E-state index is 13.5. The van der Waals surface area contributed by atoms with Crippen LogP contribution in [0.25, 0.3) is 5.69 Å². The molecule has 36 heavy (non-hydrogen) atoms. The zero-order chi connectivity index (χ0) is 25.8. The summed E-state index contributed by atoms with van der Waals surface area (Å²) in [6, 6.07) is 16.2. The van der Waals surface area contributed by atoms with Crippen LogP contribution < -0.4 is 4.74 Å². The molecule has 0 fully saturated rings. The van der Waals surface area contributed by atoms with Crippen LogP contribution in [0.15, 0.2) is 65.8 Å². The summed E-state index contributed by atoms with van der Waals surface area (Å²) < 4.78 is 21.0. The SMILES string of the molecule is Cc1nnc(S[C@@H](C[N+](=O)[O-])c2cc(Cl)c(OCc3cccc(F)c3)c(Cl)c2)n1-c1ccc(Cl)cc1. The van der Waals surface area contributed by atoms with Crippen molar-refractivity contribution < 1.29 is 14.1 Å². The molecule has 0 bridgehead atoms. The fraction of sp³-hybridized carbons (Fsp3) is 0.167. The molecular formula is C24H18Cl3FN4O3S. The fourth-order valence-electron chi connectivity index (χ4n) is 3.47. The summed E-state index contributed by atoms with van der Waals surface area (Å²) in [5.41, 5.74) is 1.89. The number of hydrogen-bond acceptors (Lipinski definition) is 6. The van der Waals surface area contributed by atoms with E-state index in [1.807, 2.05) is 12.1 Å². The molecule has 0 spiro atoms. The predicted octanol–water partition coefficient (Wildman–Crippen LogP) is 7.36. The summed E-state index contributed by atoms with van der Waals surface area (Å²) in [4.78, 5) is 11.1. The molecule has 0 unspecified atom stereocenters. The van der Waals surface area contributed by atoms with Gasteiger partial charge in [-0.25, -0.2) is 4.39 Å². The molecule has 1 atom stereocenters. The number of aromatic nitrogens is 3. The van der Waals surface area contributed by atoms with E-state index < -0.39 is 16.7 Å². The second-order valence-electron chi connectivity index (χ2n) is 7.70. The average Bonchev–Trinajstić information content (AvgIpc) is 3.18. The number of thioether (sulfide) groups is 1. The molecule has 0 aliphatic carbocycles. The first-order valence-electron chi connectivity index (χ1n) is 10.5. The maximum Gasteiger partial charge on any atom is 0.220 e. The highest BCUT2D eigenvalue weighted by molar-refractivity contribution is 7.99. The minimum absolute atomic E-state index is 0.0487. The van der Waals surface area contributed by atoms with E-state index in [-0.39, 0.29) is 28.2 Å². The van der Waals surface area contributed by atoms with Crippen molar-refractivity contribution in [2.45, 2.75) is 23.9 Å². The predicted molar refractivity (Wildman–Crippen MR) is 139 cm³/mol. The van der Waals surface area contributed by atoms with Gasteiger partial charge in [-0.15, -0.1) is 10.2 Å². The average molecular weight is 568 g/mol. The minimum Gasteiger partial charge on any atom is -0.486 e. The van der Waals surface area contributed by atoms with Crippen LogP contribution in [0.4, 0.5) is 4.39 Å². The Labute approximate surface area is 225 Å². The van der Waals surface area contributed by atoms with Crippen LogP contribution in [-0.2, 0) is 6.61 Å². The van der Waals surface area contributed by atoms with E-state index in [2.05, 4.69) is 10.2 Å². The lowest BCUT2D eigenvalue weighted by Crippen LogP contribution is -2.11. The summed E-state index contributed by atoms with van der Waals surface area (Å²) >= 11 is 20.1. The number of benzene rings is 3. The summed E-state index contributed by atoms with van der Waals surface area (Å²) in [6.07, 6.45) is 0. The second kappa shape index (κ2) is 11.5. The molecule has 4 rings (SSSR count). The van der Waals surface area contributed by atoms with E-state index in [1.165, 1.54) is 23.9 Å². The van der Waals surface area contributed by atoms with Crippen LogP contribution in [-0.4, -0.2) is 26.2 Å². The zero-order valence-electron chi connectivity index (χ0n) is 18.7. The quantitative estimate of drug-likeness (QED) is 0.119. The van der Waals surface area contributed by atoms with E-state index in [9.17, 15) is 14.5 Å². The second-order valence-corrected chi connectivity index (χ2v) is 10.1. The molecule has 0 radical (unpaired) electrons. The molecule has 0 N–H and O–H groups in total. The Morgan fingerprint density at radius 1 is 1.08 bits per heavy atom. The van der Waals surface area contributed by atoms with Crippen LogP contribution in [0.3, 0.4) is 0 Å². The molecular weight excluding hydrogens is 550 g/mol. The van der Waals surface area contributed by atoms with Gasteiger partial charge in [-0.3, -0.25) is 14.7 Å². The van der Waals surface area contributed by atoms with Crippen LogP contribution in [0.5, 0.6) is 5.75 Å². The van der Waals surface area contributed by atoms with Crippen molar-refractivity contribution in [3.05, 3.63) is 109 Å². The number of aryl methyl sites for hydroxylation is 1. The molecule has 0 amide bonds. The Morgan fingerprint density at radius 2 is 1.78 bits per heavy atom. The topological polar surface area (TPSA) is 83.1 Å². The van der Waals surface area contributed by atoms with Gasteiger partial charge in [0.25, 0.3) is 0 Å². The molecule has 12 heteroatoms. The first-order chi connectivity index (χ1) is 17.2. The standard InChI is InChI=1S/C24H18Cl3FN4O3S/c1-14-29-30-24(32(14)19-7-5-17(25)6-8-19)36-22(12-31(33)34)16-10-20(26)23(21(27)11-16)35-13-15-3-2-4-18(28)9-15/h2-11,22H,12-13H2,1H3/t22-/m0/s1. The highest BCUT2D eigenvalue weighted by Crippen LogP contribution is 2.42. The van der Waals surface area contributed by atoms with Crippen LogP contribution in [0.2, 0.25) is 15.1 Å². The van der Waals surface area contributed by atoms with Gasteiger partial charge in [0.2, 0.25) is 6.54 Å². The van der Waals surface area contributed by atoms with E-state index in [1.54, 1.807) is 47.9 Å². The van der Waals surface area contributed by atoms with Gasteiger partial charge in [-0.2, -0.15) is 0 Å². The van der Waals surface area contributed by atoms with Gasteiger partial charge in [0.15, 0.2) is 10.9 Å². The lowest BCUT2D eigenvalue weighted by molar-refractivity contribution is -0.479. The number of nitrogens with zero attached hydrogens (tertiary/aromatic N) is 4. The molecule has 7 nitrogen and oxygen atoms in total. The Hall–Kier alpha value is -2.85. The van der Waals surface area contributed by atoms with Crippen LogP contribution in [0, 0.1) is 22.9 Å². The number of rotatable bonds is 9. The van der Waals surface area contributed by atoms with Crippen molar-refractivity contribution in [2.24, 2.45) is 0 Å². The molecule has 1 heterocycles. The summed E-state index contributed by atoms with van der Waals surface area (Å²) in [6.45, 7) is 1.42. The summed E-state index contributed by atoms with van der Waals surface area (Å²) in [5.74, 6) is 0.429. The minimum atomic E-state index is -0.679. The van der Waals surface area contributed by atoms with Crippen molar-refractivity contribution in [3.8, 4) is 11.4 Å². The summed E-state index contributed by atoms with van der Waals surface area (Å²) in [5, 5.41) is 20.6. The molecule has 1 aromatic heterocycles. The Bertz CT molecular complexity index is 1380. The van der Waals surface area contributed by atoms with Crippen molar-refractivity contribution in [2.75, 3.05) is 6.54 Å². The third-order valence-corrected chi connectivity index (χ3v) is 7.10. The fourth-order valence-corrected chi connectivity index (χ4v) is 5.36. The largest absolute Gasteiger partial charge is 0.486 e. The molecule has 0 saturated carbocycles. The van der Waals surface area contributed by atoms with E-state index in [0.717, 1.165) is 5.69 Å². The van der Waals surface area contributed by atoms with Gasteiger partial charge in [0.05, 0.1) is 10.0 Å².